The number of carbonyl (C=O) groups excluding carboxylic acids is 2. The highest BCUT2D eigenvalue weighted by molar-refractivity contribution is 6.16. The van der Waals surface area contributed by atoms with Crippen LogP contribution in [0.15, 0.2) is 84.2 Å². The minimum Gasteiger partial charge on any atom is -0.459 e. The molecule has 2 rings (SSSR count). The van der Waals surface area contributed by atoms with Crippen molar-refractivity contribution >= 4 is 17.5 Å². The third kappa shape index (κ3) is 7.63. The van der Waals surface area contributed by atoms with Gasteiger partial charge in [-0.3, -0.25) is 0 Å². The van der Waals surface area contributed by atoms with Crippen LogP contribution in [0.3, 0.4) is 0 Å². The standard InChI is InChI=1S/C28H34O5/c1-7-9-16-23(13-8-2)28(5,6)18-21(4)32-27(30)24(22-14-11-10-12-15-22)19-31-25-17-20(3)26(29)33-25/h7-17,19,21,25H,18H2,1-6H3/b9-7-,13-8-,23-16+,24-19+. The summed E-state index contributed by atoms with van der Waals surface area (Å²) in [7, 11) is 0. The molecule has 0 N–H and O–H groups in total. The first-order valence-electron chi connectivity index (χ1n) is 11.2. The summed E-state index contributed by atoms with van der Waals surface area (Å²) in [4.78, 5) is 24.7. The molecular weight excluding hydrogens is 416 g/mol. The molecule has 1 heterocycles. The van der Waals surface area contributed by atoms with Crippen LogP contribution in [0.5, 0.6) is 0 Å². The van der Waals surface area contributed by atoms with E-state index in [1.54, 1.807) is 25.1 Å². The molecule has 0 saturated heterocycles. The Labute approximate surface area is 197 Å². The molecule has 1 aliphatic rings. The Morgan fingerprint density at radius 1 is 1.18 bits per heavy atom. The molecular formula is C28H34O5. The van der Waals surface area contributed by atoms with Crippen LogP contribution in [0.1, 0.15) is 53.5 Å². The van der Waals surface area contributed by atoms with Crippen LogP contribution < -0.4 is 0 Å². The lowest BCUT2D eigenvalue weighted by molar-refractivity contribution is -0.152. The van der Waals surface area contributed by atoms with Gasteiger partial charge in [-0.05, 0) is 50.7 Å². The van der Waals surface area contributed by atoms with E-state index < -0.39 is 18.2 Å². The first-order valence-corrected chi connectivity index (χ1v) is 11.2. The molecule has 0 saturated carbocycles. The van der Waals surface area contributed by atoms with Crippen molar-refractivity contribution in [2.75, 3.05) is 0 Å². The summed E-state index contributed by atoms with van der Waals surface area (Å²) in [6.07, 6.45) is 12.5. The lowest BCUT2D eigenvalue weighted by atomic mass is 9.79. The Morgan fingerprint density at radius 3 is 2.45 bits per heavy atom. The van der Waals surface area contributed by atoms with Crippen LogP contribution in [0.4, 0.5) is 0 Å². The zero-order valence-corrected chi connectivity index (χ0v) is 20.3. The second kappa shape index (κ2) is 12.0. The number of hydrogen-bond donors (Lipinski definition) is 0. The van der Waals surface area contributed by atoms with Gasteiger partial charge < -0.3 is 14.2 Å². The second-order valence-corrected chi connectivity index (χ2v) is 8.61. The lowest BCUT2D eigenvalue weighted by Gasteiger charge is -2.29. The average Bonchev–Trinajstić information content (AvgIpc) is 3.08. The quantitative estimate of drug-likeness (QED) is 0.181. The fourth-order valence-electron chi connectivity index (χ4n) is 3.57. The van der Waals surface area contributed by atoms with Gasteiger partial charge in [0, 0.05) is 11.6 Å². The van der Waals surface area contributed by atoms with Crippen molar-refractivity contribution in [1.29, 1.82) is 0 Å². The molecule has 33 heavy (non-hydrogen) atoms. The normalized spacial score (nSPS) is 18.4. The van der Waals surface area contributed by atoms with Crippen LogP contribution in [-0.4, -0.2) is 24.3 Å². The zero-order valence-electron chi connectivity index (χ0n) is 20.3. The summed E-state index contributed by atoms with van der Waals surface area (Å²) in [6, 6.07) is 9.13. The summed E-state index contributed by atoms with van der Waals surface area (Å²) in [6.45, 7) is 11.8. The Morgan fingerprint density at radius 2 is 1.88 bits per heavy atom. The predicted molar refractivity (Wildman–Crippen MR) is 131 cm³/mol. The number of rotatable bonds is 10. The molecule has 0 amide bonds. The summed E-state index contributed by atoms with van der Waals surface area (Å²) in [5, 5.41) is 0. The van der Waals surface area contributed by atoms with Crippen molar-refractivity contribution < 1.29 is 23.8 Å². The number of allylic oxidation sites excluding steroid dienone is 6. The van der Waals surface area contributed by atoms with Crippen molar-refractivity contribution in [2.24, 2.45) is 5.41 Å². The van der Waals surface area contributed by atoms with E-state index in [9.17, 15) is 9.59 Å². The molecule has 2 atom stereocenters. The number of benzene rings is 1. The molecule has 1 aromatic carbocycles. The van der Waals surface area contributed by atoms with Crippen LogP contribution in [-0.2, 0) is 23.8 Å². The molecule has 2 unspecified atom stereocenters. The van der Waals surface area contributed by atoms with E-state index in [0.717, 1.165) is 5.57 Å². The summed E-state index contributed by atoms with van der Waals surface area (Å²) >= 11 is 0. The zero-order chi connectivity index (χ0) is 24.4. The number of carbonyl (C=O) groups is 2. The third-order valence-electron chi connectivity index (χ3n) is 5.26. The van der Waals surface area contributed by atoms with Crippen LogP contribution >= 0.6 is 0 Å². The van der Waals surface area contributed by atoms with Gasteiger partial charge in [0.05, 0.1) is 0 Å². The molecule has 1 aliphatic heterocycles. The van der Waals surface area contributed by atoms with E-state index in [4.69, 9.17) is 14.2 Å². The van der Waals surface area contributed by atoms with Gasteiger partial charge in [0.25, 0.3) is 6.29 Å². The first-order chi connectivity index (χ1) is 15.7. The Hall–Kier alpha value is -3.34. The topological polar surface area (TPSA) is 61.8 Å². The van der Waals surface area contributed by atoms with Crippen molar-refractivity contribution in [3.8, 4) is 0 Å². The van der Waals surface area contributed by atoms with E-state index in [1.165, 1.54) is 6.26 Å². The number of cyclic esters (lactones) is 1. The van der Waals surface area contributed by atoms with Crippen molar-refractivity contribution in [3.05, 3.63) is 89.8 Å². The third-order valence-corrected chi connectivity index (χ3v) is 5.26. The highest BCUT2D eigenvalue weighted by Crippen LogP contribution is 2.34. The predicted octanol–water partition coefficient (Wildman–Crippen LogP) is 6.30. The maximum absolute atomic E-state index is 13.1. The number of ether oxygens (including phenoxy) is 3. The van der Waals surface area contributed by atoms with Crippen LogP contribution in [0.25, 0.3) is 5.57 Å². The molecule has 0 spiro atoms. The van der Waals surface area contributed by atoms with E-state index in [1.807, 2.05) is 57.2 Å². The summed E-state index contributed by atoms with van der Waals surface area (Å²) < 4.78 is 16.5. The second-order valence-electron chi connectivity index (χ2n) is 8.61. The van der Waals surface area contributed by atoms with Crippen molar-refractivity contribution in [1.82, 2.24) is 0 Å². The lowest BCUT2D eigenvalue weighted by Crippen LogP contribution is -2.25. The van der Waals surface area contributed by atoms with E-state index in [0.29, 0.717) is 17.6 Å². The van der Waals surface area contributed by atoms with E-state index in [2.05, 4.69) is 26.0 Å². The van der Waals surface area contributed by atoms with Gasteiger partial charge in [-0.1, -0.05) is 74.6 Å². The SMILES string of the molecule is C\C=C/C=C(\C=C/C)C(C)(C)CC(C)OC(=O)/C(=C/OC1C=C(C)C(=O)O1)c1ccccc1. The monoisotopic (exact) mass is 450 g/mol. The molecule has 0 radical (unpaired) electrons. The maximum atomic E-state index is 13.1. The Kier molecular flexibility index (Phi) is 9.46. The van der Waals surface area contributed by atoms with Gasteiger partial charge in [-0.2, -0.15) is 0 Å². The first kappa shape index (κ1) is 25.9. The van der Waals surface area contributed by atoms with E-state index in [-0.39, 0.29) is 17.1 Å². The van der Waals surface area contributed by atoms with Crippen molar-refractivity contribution in [2.45, 2.75) is 60.4 Å². The molecule has 0 fully saturated rings. The van der Waals surface area contributed by atoms with Crippen LogP contribution in [0, 0.1) is 5.41 Å². The smallest absolute Gasteiger partial charge is 0.342 e. The summed E-state index contributed by atoms with van der Waals surface area (Å²) in [5.74, 6) is -0.935. The van der Waals surface area contributed by atoms with Gasteiger partial charge in [-0.15, -0.1) is 0 Å². The minimum absolute atomic E-state index is 0.209. The maximum Gasteiger partial charge on any atom is 0.342 e. The Balaban J connectivity index is 2.18. The molecule has 5 heteroatoms. The fourth-order valence-corrected chi connectivity index (χ4v) is 3.57. The highest BCUT2D eigenvalue weighted by atomic mass is 16.7. The van der Waals surface area contributed by atoms with Gasteiger partial charge in [-0.25, -0.2) is 9.59 Å². The van der Waals surface area contributed by atoms with Crippen LogP contribution in [0.2, 0.25) is 0 Å². The largest absolute Gasteiger partial charge is 0.459 e. The molecule has 0 aromatic heterocycles. The van der Waals surface area contributed by atoms with Gasteiger partial charge in [0.1, 0.15) is 17.9 Å². The molecule has 1 aromatic rings. The Bertz CT molecular complexity index is 977. The van der Waals surface area contributed by atoms with Gasteiger partial charge >= 0.3 is 11.9 Å². The van der Waals surface area contributed by atoms with Gasteiger partial charge in [0.2, 0.25) is 0 Å². The highest BCUT2D eigenvalue weighted by Gasteiger charge is 2.28. The number of esters is 2. The average molecular weight is 451 g/mol. The van der Waals surface area contributed by atoms with Gasteiger partial charge in [0.15, 0.2) is 0 Å². The van der Waals surface area contributed by atoms with E-state index >= 15 is 0 Å². The summed E-state index contributed by atoms with van der Waals surface area (Å²) in [5.41, 5.74) is 2.32. The number of hydrogen-bond acceptors (Lipinski definition) is 5. The van der Waals surface area contributed by atoms with Crippen molar-refractivity contribution in [3.63, 3.8) is 0 Å². The molecule has 0 bridgehead atoms. The molecule has 0 aliphatic carbocycles. The molecule has 176 valence electrons. The minimum atomic E-state index is -0.861. The fraction of sp³-hybridized carbons (Fsp3) is 0.357. The molecule has 5 nitrogen and oxygen atoms in total.